The summed E-state index contributed by atoms with van der Waals surface area (Å²) in [6, 6.07) is 9.23. The van der Waals surface area contributed by atoms with Gasteiger partial charge in [0.25, 0.3) is 5.91 Å². The Labute approximate surface area is 137 Å². The monoisotopic (exact) mass is 328 g/mol. The van der Waals surface area contributed by atoms with Crippen molar-refractivity contribution >= 4 is 22.9 Å². The molecule has 0 radical (unpaired) electrons. The summed E-state index contributed by atoms with van der Waals surface area (Å²) in [7, 11) is 3.46. The lowest BCUT2D eigenvalue weighted by molar-refractivity contribution is 0.0827. The van der Waals surface area contributed by atoms with Crippen molar-refractivity contribution in [3.05, 3.63) is 52.5 Å². The van der Waals surface area contributed by atoms with E-state index in [0.29, 0.717) is 23.8 Å². The number of carbonyl (C=O) groups is 1. The van der Waals surface area contributed by atoms with Gasteiger partial charge in [-0.2, -0.15) is 16.3 Å². The molecule has 3 aromatic rings. The Bertz CT molecular complexity index is 779. The summed E-state index contributed by atoms with van der Waals surface area (Å²) in [6.07, 6.45) is 0. The molecule has 23 heavy (non-hydrogen) atoms. The van der Waals surface area contributed by atoms with Crippen LogP contribution in [0.4, 0.5) is 5.69 Å². The van der Waals surface area contributed by atoms with Crippen molar-refractivity contribution in [3.63, 3.8) is 0 Å². The predicted octanol–water partition coefficient (Wildman–Crippen LogP) is 3.11. The van der Waals surface area contributed by atoms with E-state index in [0.717, 1.165) is 11.3 Å². The van der Waals surface area contributed by atoms with Gasteiger partial charge in [-0.15, -0.1) is 0 Å². The van der Waals surface area contributed by atoms with E-state index in [1.165, 1.54) is 0 Å². The number of hydrogen-bond donors (Lipinski definition) is 1. The van der Waals surface area contributed by atoms with Gasteiger partial charge in [0.2, 0.25) is 11.7 Å². The van der Waals surface area contributed by atoms with E-state index in [2.05, 4.69) is 15.5 Å². The van der Waals surface area contributed by atoms with E-state index in [-0.39, 0.29) is 5.91 Å². The highest BCUT2D eigenvalue weighted by Crippen LogP contribution is 2.19. The summed E-state index contributed by atoms with van der Waals surface area (Å²) >= 11 is 1.59. The smallest absolute Gasteiger partial charge is 0.253 e. The Kier molecular flexibility index (Phi) is 4.38. The van der Waals surface area contributed by atoms with Crippen LogP contribution in [-0.2, 0) is 6.54 Å². The van der Waals surface area contributed by atoms with Crippen LogP contribution in [0.3, 0.4) is 0 Å². The van der Waals surface area contributed by atoms with Gasteiger partial charge in [0.15, 0.2) is 0 Å². The van der Waals surface area contributed by atoms with Gasteiger partial charge in [0.05, 0.1) is 6.54 Å². The number of nitrogens with one attached hydrogen (secondary N) is 1. The van der Waals surface area contributed by atoms with Crippen molar-refractivity contribution in [2.75, 3.05) is 19.4 Å². The molecule has 0 aliphatic carbocycles. The highest BCUT2D eigenvalue weighted by atomic mass is 32.1. The third kappa shape index (κ3) is 3.57. The first kappa shape index (κ1) is 15.2. The molecule has 0 aliphatic rings. The van der Waals surface area contributed by atoms with E-state index in [4.69, 9.17) is 4.52 Å². The number of anilines is 1. The summed E-state index contributed by atoms with van der Waals surface area (Å²) in [5.74, 6) is 1.09. The highest BCUT2D eigenvalue weighted by Gasteiger charge is 2.09. The van der Waals surface area contributed by atoms with Crippen LogP contribution in [0.1, 0.15) is 16.2 Å². The van der Waals surface area contributed by atoms with Crippen LogP contribution >= 0.6 is 11.3 Å². The second-order valence-electron chi connectivity index (χ2n) is 5.15. The second kappa shape index (κ2) is 6.62. The molecule has 0 fully saturated rings. The van der Waals surface area contributed by atoms with E-state index >= 15 is 0 Å². The van der Waals surface area contributed by atoms with Crippen molar-refractivity contribution in [2.45, 2.75) is 6.54 Å². The number of hydrogen-bond acceptors (Lipinski definition) is 6. The molecule has 2 aromatic heterocycles. The van der Waals surface area contributed by atoms with Crippen molar-refractivity contribution in [2.24, 2.45) is 0 Å². The molecule has 0 aliphatic heterocycles. The SMILES string of the molecule is CN(C)C(=O)c1ccc(NCc2nc(-c3ccsc3)no2)cc1. The molecule has 0 atom stereocenters. The standard InChI is InChI=1S/C16H16N4O2S/c1-20(2)16(21)11-3-5-13(6-4-11)17-9-14-18-15(19-22-14)12-7-8-23-10-12/h3-8,10,17H,9H2,1-2H3. The minimum absolute atomic E-state index is 0.0196. The van der Waals surface area contributed by atoms with Gasteiger partial charge in [-0.1, -0.05) is 5.16 Å². The number of nitrogens with zero attached hydrogens (tertiary/aromatic N) is 3. The normalized spacial score (nSPS) is 10.5. The maximum atomic E-state index is 11.8. The molecule has 0 unspecified atom stereocenters. The summed E-state index contributed by atoms with van der Waals surface area (Å²) in [4.78, 5) is 17.7. The minimum atomic E-state index is -0.0196. The third-order valence-electron chi connectivity index (χ3n) is 3.23. The molecule has 118 valence electrons. The lowest BCUT2D eigenvalue weighted by atomic mass is 10.2. The van der Waals surface area contributed by atoms with Gasteiger partial charge < -0.3 is 14.7 Å². The number of carbonyl (C=O) groups excluding carboxylic acids is 1. The molecule has 1 aromatic carbocycles. The summed E-state index contributed by atoms with van der Waals surface area (Å²) < 4.78 is 5.22. The lowest BCUT2D eigenvalue weighted by Crippen LogP contribution is -2.21. The molecule has 1 amide bonds. The Morgan fingerprint density at radius 2 is 2.04 bits per heavy atom. The van der Waals surface area contributed by atoms with E-state index in [1.807, 2.05) is 29.0 Å². The zero-order valence-electron chi connectivity index (χ0n) is 12.8. The summed E-state index contributed by atoms with van der Waals surface area (Å²) in [5.41, 5.74) is 2.49. The first-order chi connectivity index (χ1) is 11.1. The first-order valence-electron chi connectivity index (χ1n) is 7.04. The van der Waals surface area contributed by atoms with Gasteiger partial charge in [0.1, 0.15) is 0 Å². The Morgan fingerprint density at radius 3 is 2.70 bits per heavy atom. The zero-order valence-corrected chi connectivity index (χ0v) is 13.6. The van der Waals surface area contributed by atoms with Crippen LogP contribution in [0.5, 0.6) is 0 Å². The molecule has 6 nitrogen and oxygen atoms in total. The molecular formula is C16H16N4O2S. The van der Waals surface area contributed by atoms with Crippen LogP contribution < -0.4 is 5.32 Å². The molecule has 2 heterocycles. The number of benzene rings is 1. The Balaban J connectivity index is 1.61. The largest absolute Gasteiger partial charge is 0.376 e. The summed E-state index contributed by atoms with van der Waals surface area (Å²) in [5, 5.41) is 11.1. The molecule has 1 N–H and O–H groups in total. The first-order valence-corrected chi connectivity index (χ1v) is 7.98. The van der Waals surface area contributed by atoms with Crippen molar-refractivity contribution in [3.8, 4) is 11.4 Å². The minimum Gasteiger partial charge on any atom is -0.376 e. The molecule has 0 spiro atoms. The topological polar surface area (TPSA) is 71.3 Å². The predicted molar refractivity (Wildman–Crippen MR) is 89.4 cm³/mol. The lowest BCUT2D eigenvalue weighted by Gasteiger charge is -2.10. The number of rotatable bonds is 5. The second-order valence-corrected chi connectivity index (χ2v) is 5.93. The molecule has 0 saturated carbocycles. The Morgan fingerprint density at radius 1 is 1.26 bits per heavy atom. The fraction of sp³-hybridized carbons (Fsp3) is 0.188. The van der Waals surface area contributed by atoms with Gasteiger partial charge in [-0.25, -0.2) is 0 Å². The molecule has 0 bridgehead atoms. The highest BCUT2D eigenvalue weighted by molar-refractivity contribution is 7.08. The summed E-state index contributed by atoms with van der Waals surface area (Å²) in [6.45, 7) is 0.429. The fourth-order valence-electron chi connectivity index (χ4n) is 2.00. The fourth-order valence-corrected chi connectivity index (χ4v) is 2.64. The third-order valence-corrected chi connectivity index (χ3v) is 3.91. The van der Waals surface area contributed by atoms with Crippen molar-refractivity contribution in [1.29, 1.82) is 0 Å². The number of amides is 1. The number of thiophene rings is 1. The van der Waals surface area contributed by atoms with Gasteiger partial charge in [-0.05, 0) is 35.7 Å². The van der Waals surface area contributed by atoms with Crippen molar-refractivity contribution in [1.82, 2.24) is 15.0 Å². The maximum absolute atomic E-state index is 11.8. The van der Waals surface area contributed by atoms with Crippen LogP contribution in [-0.4, -0.2) is 35.0 Å². The average molecular weight is 328 g/mol. The van der Waals surface area contributed by atoms with Crippen LogP contribution in [0.2, 0.25) is 0 Å². The average Bonchev–Trinajstić information content (AvgIpc) is 3.23. The zero-order chi connectivity index (χ0) is 16.2. The Hall–Kier alpha value is -2.67. The van der Waals surface area contributed by atoms with Crippen LogP contribution in [0, 0.1) is 0 Å². The van der Waals surface area contributed by atoms with Gasteiger partial charge in [0, 0.05) is 36.3 Å². The molecule has 3 rings (SSSR count). The van der Waals surface area contributed by atoms with Crippen LogP contribution in [0.15, 0.2) is 45.6 Å². The van der Waals surface area contributed by atoms with E-state index < -0.39 is 0 Å². The van der Waals surface area contributed by atoms with Crippen molar-refractivity contribution < 1.29 is 9.32 Å². The van der Waals surface area contributed by atoms with Crippen LogP contribution in [0.25, 0.3) is 11.4 Å². The molecule has 7 heteroatoms. The quantitative estimate of drug-likeness (QED) is 0.779. The molecule has 0 saturated heterocycles. The van der Waals surface area contributed by atoms with Gasteiger partial charge in [-0.3, -0.25) is 4.79 Å². The molecular weight excluding hydrogens is 312 g/mol. The number of aromatic nitrogens is 2. The van der Waals surface area contributed by atoms with E-state index in [1.54, 1.807) is 42.5 Å². The van der Waals surface area contributed by atoms with Gasteiger partial charge >= 0.3 is 0 Å². The van der Waals surface area contributed by atoms with E-state index in [9.17, 15) is 4.79 Å². The maximum Gasteiger partial charge on any atom is 0.253 e.